The number of nitrogens with one attached hydrogen (secondary N) is 8. The van der Waals surface area contributed by atoms with Gasteiger partial charge in [-0.05, 0) is 58.5 Å². The van der Waals surface area contributed by atoms with Crippen molar-refractivity contribution in [1.29, 1.82) is 0 Å². The Labute approximate surface area is 454 Å². The summed E-state index contributed by atoms with van der Waals surface area (Å²) in [4.78, 5) is 134. The zero-order valence-electron chi connectivity index (χ0n) is 43.4. The largest absolute Gasteiger partial charge is 0.510 e. The van der Waals surface area contributed by atoms with Crippen molar-refractivity contribution in [1.82, 2.24) is 47.4 Å². The number of hydrogen-bond donors (Lipinski definition) is 21. The molecule has 80 heavy (non-hydrogen) atoms. The summed E-state index contributed by atoms with van der Waals surface area (Å²) in [5, 5.41) is 103. The summed E-state index contributed by atoms with van der Waals surface area (Å²) in [6.07, 6.45) is -0.539. The monoisotopic (exact) mass is 1130 g/mol. The molecule has 5 aliphatic rings. The van der Waals surface area contributed by atoms with Gasteiger partial charge in [0, 0.05) is 49.0 Å². The molecule has 0 saturated carbocycles. The highest BCUT2D eigenvalue weighted by Gasteiger charge is 2.65. The second kappa shape index (κ2) is 25.7. The molecule has 438 valence electrons. The first-order valence-corrected chi connectivity index (χ1v) is 24.7. The van der Waals surface area contributed by atoms with E-state index in [0.717, 1.165) is 0 Å². The van der Waals surface area contributed by atoms with E-state index in [-0.39, 0.29) is 36.3 Å². The first-order chi connectivity index (χ1) is 37.5. The molecule has 1 aromatic rings. The highest BCUT2D eigenvalue weighted by atomic mass is 16.4. The predicted octanol–water partition coefficient (Wildman–Crippen LogP) is -9.10. The Morgan fingerprint density at radius 3 is 2.14 bits per heavy atom. The second-order valence-electron chi connectivity index (χ2n) is 19.7. The van der Waals surface area contributed by atoms with Crippen molar-refractivity contribution in [2.75, 3.05) is 40.4 Å². The number of fused-ring (bicyclic) bond motifs is 3. The molecule has 0 spiro atoms. The van der Waals surface area contributed by atoms with Gasteiger partial charge < -0.3 is 112 Å². The normalized spacial score (nSPS) is 30.3. The molecule has 0 aromatic heterocycles. The molecule has 6 rings (SSSR count). The first kappa shape index (κ1) is 62.5. The highest BCUT2D eigenvalue weighted by molar-refractivity contribution is 6.25. The molecular weight excluding hydrogens is 1060 g/mol. The number of phenolic OH excluding ortho intramolecular Hbond substituents is 1. The Morgan fingerprint density at radius 1 is 0.912 bits per heavy atom. The number of rotatable bonds is 12. The van der Waals surface area contributed by atoms with Crippen molar-refractivity contribution >= 4 is 64.9 Å². The summed E-state index contributed by atoms with van der Waals surface area (Å²) in [7, 11) is 3.06. The molecule has 9 amide bonds. The number of carbonyl (C=O) groups is 10. The van der Waals surface area contributed by atoms with Crippen LogP contribution in [0.25, 0.3) is 0 Å². The van der Waals surface area contributed by atoms with E-state index >= 15 is 0 Å². The van der Waals surface area contributed by atoms with E-state index in [0.29, 0.717) is 25.6 Å². The smallest absolute Gasteiger partial charge is 0.316 e. The van der Waals surface area contributed by atoms with Crippen molar-refractivity contribution < 1.29 is 88.8 Å². The number of phenols is 1. The van der Waals surface area contributed by atoms with E-state index in [1.54, 1.807) is 0 Å². The van der Waals surface area contributed by atoms with Gasteiger partial charge in [0.2, 0.25) is 35.3 Å². The van der Waals surface area contributed by atoms with Crippen molar-refractivity contribution in [3.05, 3.63) is 63.9 Å². The van der Waals surface area contributed by atoms with E-state index in [9.17, 15) is 88.8 Å². The predicted molar refractivity (Wildman–Crippen MR) is 273 cm³/mol. The number of ketones is 2. The fraction of sp³-hybridized carbons (Fsp3) is 0.511. The lowest BCUT2D eigenvalue weighted by atomic mass is 9.55. The van der Waals surface area contributed by atoms with Crippen molar-refractivity contribution in [2.45, 2.75) is 98.8 Å². The first-order valence-electron chi connectivity index (χ1n) is 24.7. The van der Waals surface area contributed by atoms with Crippen LogP contribution in [0.4, 0.5) is 4.79 Å². The van der Waals surface area contributed by atoms with Crippen LogP contribution >= 0.6 is 0 Å². The van der Waals surface area contributed by atoms with E-state index in [1.807, 2.05) is 5.32 Å². The van der Waals surface area contributed by atoms with Crippen LogP contribution in [0.2, 0.25) is 0 Å². The number of Topliss-reactive ketones (excluding diaryl/α,β-unsaturated/α-hetero) is 2. The second-order valence-corrected chi connectivity index (χ2v) is 19.7. The number of aliphatic imine (C=N–C) groups is 1. The van der Waals surface area contributed by atoms with Gasteiger partial charge in [0.25, 0.3) is 11.8 Å². The lowest BCUT2D eigenvalue weighted by Gasteiger charge is -2.52. The van der Waals surface area contributed by atoms with Gasteiger partial charge in [0.15, 0.2) is 23.6 Å². The van der Waals surface area contributed by atoms with Gasteiger partial charge in [0.05, 0.1) is 36.5 Å². The molecule has 1 aromatic carbocycles. The lowest BCUT2D eigenvalue weighted by molar-refractivity contribution is -0.152. The van der Waals surface area contributed by atoms with E-state index in [2.05, 4.69) is 42.2 Å². The average Bonchev–Trinajstić information content (AvgIpc) is 3.37. The van der Waals surface area contributed by atoms with Gasteiger partial charge >= 0.3 is 6.03 Å². The Balaban J connectivity index is 0.000000316. The Bertz CT molecular complexity index is 2800. The number of hydrogen-bond acceptors (Lipinski definition) is 24. The molecule has 0 bridgehead atoms. The van der Waals surface area contributed by atoms with Crippen LogP contribution in [0.3, 0.4) is 0 Å². The van der Waals surface area contributed by atoms with Crippen molar-refractivity contribution in [3.63, 3.8) is 0 Å². The Kier molecular flexibility index (Phi) is 20.1. The van der Waals surface area contributed by atoms with Crippen LogP contribution in [-0.2, 0) is 44.0 Å². The molecule has 2 heterocycles. The van der Waals surface area contributed by atoms with Gasteiger partial charge in [-0.3, -0.25) is 48.1 Å². The maximum Gasteiger partial charge on any atom is 0.316 e. The molecule has 33 heteroatoms. The number of carbonyl (C=O) groups excluding carboxylic acids is 10. The van der Waals surface area contributed by atoms with Gasteiger partial charge in [-0.2, -0.15) is 0 Å². The number of likely N-dealkylation sites (N-methyl/N-ethyl adjacent to an activating group) is 1. The number of benzene rings is 1. The average molecular weight is 1130 g/mol. The standard InChI is InChI=1S/C25H43N13O10.C22H24N2O8/c26-3-1-2-10(27)4-16(41)32-12-6-30-23(47)18(11-5-17(42)37-24(28)36-11)38-20(44)13(7-31-25(29)48)33-21(45)14(8-39)35-22(46)15(9-40)34-19(12)43;1-21(31)8-5-4-6-11(25)12(8)16(26)13-9(21)7-10-15(24(2)3)17(27)14(20(23)30)19(29)22(10,32)18(13)28/h7,10-12,14-15,17-18,39-40,42H,1-6,8-9,26-27H2,(H,30,47)(H,32,41)(H,33,45)(H,34,43)(H,35,46)(H,38,44)(H3,28,36,37)(H3,29,31,48);4-6,9-10,15,25,27-28,31-32H,7H2,1-3H3,(H2,23,30)/b13-7-;/t10-,11+,12-,14-,15-,17-,18-;9-,10-,15-,21+,22-/m00/s1. The number of urea groups is 1. The molecule has 0 radical (unpaired) electrons. The van der Waals surface area contributed by atoms with E-state index < -0.39 is 184 Å². The summed E-state index contributed by atoms with van der Waals surface area (Å²) in [6.45, 7) is -0.957. The van der Waals surface area contributed by atoms with Gasteiger partial charge in [-0.1, -0.05) is 12.1 Å². The Hall–Kier alpha value is -8.31. The molecule has 1 saturated heterocycles. The molecule has 12 atom stereocenters. The summed E-state index contributed by atoms with van der Waals surface area (Å²) in [6, 6.07) is -6.61. The van der Waals surface area contributed by atoms with Gasteiger partial charge in [-0.25, -0.2) is 9.79 Å². The van der Waals surface area contributed by atoms with Crippen LogP contribution in [-0.4, -0.2) is 205 Å². The van der Waals surface area contributed by atoms with E-state index in [1.165, 1.54) is 44.1 Å². The number of aliphatic hydroxyl groups is 7. The van der Waals surface area contributed by atoms with Crippen LogP contribution in [0.5, 0.6) is 5.75 Å². The minimum Gasteiger partial charge on any atom is -0.510 e. The number of aliphatic hydroxyl groups excluding tert-OH is 5. The molecule has 1 fully saturated rings. The maximum absolute atomic E-state index is 13.6. The number of primary amides is 2. The molecular formula is C47H67N15O18. The highest BCUT2D eigenvalue weighted by Crippen LogP contribution is 2.56. The number of amides is 9. The zero-order chi connectivity index (χ0) is 59.9. The third-order valence-corrected chi connectivity index (χ3v) is 13.9. The van der Waals surface area contributed by atoms with Crippen LogP contribution in [0, 0.1) is 11.8 Å². The number of guanidine groups is 1. The minimum absolute atomic E-state index is 0.135. The quantitative estimate of drug-likeness (QED) is 0.0683. The Morgan fingerprint density at radius 2 is 1.55 bits per heavy atom. The molecule has 3 aliphatic carbocycles. The number of nitrogens with zero attached hydrogens (tertiary/aromatic N) is 2. The topological polar surface area (TPSA) is 574 Å². The van der Waals surface area contributed by atoms with Crippen LogP contribution in [0.1, 0.15) is 54.9 Å². The lowest BCUT2D eigenvalue weighted by Crippen LogP contribution is -2.65. The van der Waals surface area contributed by atoms with E-state index in [4.69, 9.17) is 28.7 Å². The summed E-state index contributed by atoms with van der Waals surface area (Å²) < 4.78 is 0. The van der Waals surface area contributed by atoms with Gasteiger partial charge in [-0.15, -0.1) is 0 Å². The maximum atomic E-state index is 13.6. The molecule has 2 aliphatic heterocycles. The fourth-order valence-corrected chi connectivity index (χ4v) is 9.97. The van der Waals surface area contributed by atoms with Crippen LogP contribution < -0.4 is 71.2 Å². The van der Waals surface area contributed by atoms with Crippen molar-refractivity contribution in [2.24, 2.45) is 45.5 Å². The SMILES string of the molecule is CN(C)[C@@H]1C(O)=C(C(N)=O)C(=O)[C@@]2(O)C(O)=C3C(=O)c4c(O)cccc4[C@@](C)(O)[C@H]3C[C@@H]12.NCCC[C@H](N)CC(=O)N[C@H]1CNC(=O)[C@H]([C@H]2C[C@H](O)N=C(N)N2)NC(=O)/C(=C/NC(N)=O)NC(=O)[C@H](CO)NC(=O)[C@H](CO)NC1=O. The van der Waals surface area contributed by atoms with Crippen LogP contribution in [0.15, 0.2) is 57.8 Å². The zero-order valence-corrected chi connectivity index (χ0v) is 43.4. The summed E-state index contributed by atoms with van der Waals surface area (Å²) in [5.74, 6) is -14.5. The third-order valence-electron chi connectivity index (χ3n) is 13.9. The summed E-state index contributed by atoms with van der Waals surface area (Å²) >= 11 is 0. The number of nitrogens with two attached hydrogens (primary N) is 5. The minimum atomic E-state index is -2.75. The fourth-order valence-electron chi connectivity index (χ4n) is 9.97. The molecule has 26 N–H and O–H groups in total. The van der Waals surface area contributed by atoms with Gasteiger partial charge in [0.1, 0.15) is 52.7 Å². The van der Waals surface area contributed by atoms with Crippen molar-refractivity contribution in [3.8, 4) is 5.75 Å². The number of aromatic hydroxyl groups is 1. The summed E-state index contributed by atoms with van der Waals surface area (Å²) in [5.41, 5.74) is 20.8. The molecule has 33 nitrogen and oxygen atoms in total. The third kappa shape index (κ3) is 13.2. The molecule has 0 unspecified atom stereocenters.